The first-order valence-corrected chi connectivity index (χ1v) is 8.71. The molecule has 1 saturated heterocycles. The third kappa shape index (κ3) is 2.87. The highest BCUT2D eigenvalue weighted by Crippen LogP contribution is 2.70. The summed E-state index contributed by atoms with van der Waals surface area (Å²) in [7, 11) is 0.0370. The molecule has 0 spiro atoms. The highest BCUT2D eigenvalue weighted by atomic mass is 31.1. The molecule has 17 heavy (non-hydrogen) atoms. The molecule has 0 aromatic rings. The zero-order valence-electron chi connectivity index (χ0n) is 12.0. The van der Waals surface area contributed by atoms with Gasteiger partial charge in [0.2, 0.25) is 0 Å². The van der Waals surface area contributed by atoms with Crippen molar-refractivity contribution in [3.8, 4) is 0 Å². The number of hydrogen-bond donors (Lipinski definition) is 1. The van der Waals surface area contributed by atoms with Gasteiger partial charge in [0.1, 0.15) is 0 Å². The zero-order chi connectivity index (χ0) is 12.7. The van der Waals surface area contributed by atoms with E-state index in [4.69, 9.17) is 0 Å². The van der Waals surface area contributed by atoms with Crippen LogP contribution in [0.25, 0.3) is 0 Å². The second-order valence-electron chi connectivity index (χ2n) is 7.35. The van der Waals surface area contributed by atoms with Crippen molar-refractivity contribution in [1.29, 1.82) is 0 Å². The van der Waals surface area contributed by atoms with E-state index in [0.29, 0.717) is 10.3 Å². The molecule has 2 rings (SSSR count). The van der Waals surface area contributed by atoms with Crippen LogP contribution in [-0.2, 0) is 0 Å². The molecule has 0 amide bonds. The Hall–Kier alpha value is 0.390. The van der Waals surface area contributed by atoms with Crippen LogP contribution in [0, 0.1) is 0 Å². The lowest BCUT2D eigenvalue weighted by Crippen LogP contribution is -2.45. The first-order chi connectivity index (χ1) is 7.83. The maximum atomic E-state index is 10.1. The molecule has 1 N–H and O–H groups in total. The Balaban J connectivity index is 2.21. The molecular formula is C15H29OP. The Morgan fingerprint density at radius 2 is 1.35 bits per heavy atom. The standard InChI is InChI=1S/C15H29OP/c1-14(2)10-12(16)11-15(3,4)17(14)13-8-6-5-7-9-13/h12-13,16H,5-11H2,1-4H3. The SMILES string of the molecule is CC1(C)CC(O)CC(C)(C)P1C1CCCCC1. The minimum atomic E-state index is -0.0673. The number of rotatable bonds is 1. The minimum absolute atomic E-state index is 0.0370. The van der Waals surface area contributed by atoms with Gasteiger partial charge in [-0.1, -0.05) is 54.9 Å². The number of aliphatic hydroxyl groups excluding tert-OH is 1. The van der Waals surface area contributed by atoms with Crippen molar-refractivity contribution in [1.82, 2.24) is 0 Å². The number of hydrogen-bond acceptors (Lipinski definition) is 1. The summed E-state index contributed by atoms with van der Waals surface area (Å²) in [5, 5.41) is 10.9. The van der Waals surface area contributed by atoms with Crippen molar-refractivity contribution in [3.63, 3.8) is 0 Å². The van der Waals surface area contributed by atoms with Crippen molar-refractivity contribution in [2.75, 3.05) is 0 Å². The molecule has 1 aliphatic carbocycles. The molecule has 0 aromatic heterocycles. The quantitative estimate of drug-likeness (QED) is 0.684. The number of aliphatic hydroxyl groups is 1. The van der Waals surface area contributed by atoms with E-state index in [1.54, 1.807) is 0 Å². The monoisotopic (exact) mass is 256 g/mol. The third-order valence-corrected chi connectivity index (χ3v) is 8.93. The van der Waals surface area contributed by atoms with Gasteiger partial charge in [0.15, 0.2) is 0 Å². The molecule has 0 unspecified atom stereocenters. The van der Waals surface area contributed by atoms with Crippen LogP contribution >= 0.6 is 7.92 Å². The van der Waals surface area contributed by atoms with Gasteiger partial charge in [-0.3, -0.25) is 0 Å². The van der Waals surface area contributed by atoms with E-state index in [1.165, 1.54) is 32.1 Å². The molecule has 1 saturated carbocycles. The van der Waals surface area contributed by atoms with Crippen LogP contribution in [0.5, 0.6) is 0 Å². The van der Waals surface area contributed by atoms with Crippen LogP contribution in [0.1, 0.15) is 72.6 Å². The van der Waals surface area contributed by atoms with E-state index in [2.05, 4.69) is 27.7 Å². The maximum absolute atomic E-state index is 10.1. The molecule has 1 nitrogen and oxygen atoms in total. The molecule has 0 bridgehead atoms. The lowest BCUT2D eigenvalue weighted by molar-refractivity contribution is 0.123. The van der Waals surface area contributed by atoms with Gasteiger partial charge in [0.05, 0.1) is 6.10 Å². The third-order valence-electron chi connectivity index (χ3n) is 4.71. The normalized spacial score (nSPS) is 37.9. The van der Waals surface area contributed by atoms with Gasteiger partial charge in [-0.05, 0) is 41.7 Å². The lowest BCUT2D eigenvalue weighted by Gasteiger charge is -2.55. The van der Waals surface area contributed by atoms with Crippen LogP contribution < -0.4 is 0 Å². The Labute approximate surface area is 108 Å². The van der Waals surface area contributed by atoms with Gasteiger partial charge < -0.3 is 5.11 Å². The summed E-state index contributed by atoms with van der Waals surface area (Å²) in [6, 6.07) is 0. The van der Waals surface area contributed by atoms with E-state index in [0.717, 1.165) is 18.5 Å². The first kappa shape index (κ1) is 13.8. The van der Waals surface area contributed by atoms with Gasteiger partial charge in [-0.25, -0.2) is 0 Å². The van der Waals surface area contributed by atoms with Gasteiger partial charge in [-0.2, -0.15) is 0 Å². The fraction of sp³-hybridized carbons (Fsp3) is 1.00. The van der Waals surface area contributed by atoms with E-state index in [1.807, 2.05) is 0 Å². The summed E-state index contributed by atoms with van der Waals surface area (Å²) in [6.45, 7) is 9.66. The highest BCUT2D eigenvalue weighted by Gasteiger charge is 2.49. The smallest absolute Gasteiger partial charge is 0.0557 e. The first-order valence-electron chi connectivity index (χ1n) is 7.30. The van der Waals surface area contributed by atoms with Gasteiger partial charge in [0, 0.05) is 0 Å². The topological polar surface area (TPSA) is 20.2 Å². The molecule has 0 radical (unpaired) electrons. The van der Waals surface area contributed by atoms with Gasteiger partial charge >= 0.3 is 0 Å². The molecule has 100 valence electrons. The fourth-order valence-corrected chi connectivity index (χ4v) is 9.88. The van der Waals surface area contributed by atoms with Gasteiger partial charge in [0.25, 0.3) is 0 Å². The van der Waals surface area contributed by atoms with Crippen LogP contribution in [0.3, 0.4) is 0 Å². The molecule has 2 fully saturated rings. The van der Waals surface area contributed by atoms with Crippen molar-refractivity contribution in [3.05, 3.63) is 0 Å². The summed E-state index contributed by atoms with van der Waals surface area (Å²) in [5.41, 5.74) is 0.969. The average molecular weight is 256 g/mol. The molecule has 1 heterocycles. The summed E-state index contributed by atoms with van der Waals surface area (Å²) in [5.74, 6) is 0. The predicted octanol–water partition coefficient (Wildman–Crippen LogP) is 4.51. The summed E-state index contributed by atoms with van der Waals surface area (Å²) >= 11 is 0. The molecular weight excluding hydrogens is 227 g/mol. The fourth-order valence-electron chi connectivity index (χ4n) is 4.57. The van der Waals surface area contributed by atoms with E-state index in [-0.39, 0.29) is 14.0 Å². The Morgan fingerprint density at radius 3 is 1.82 bits per heavy atom. The van der Waals surface area contributed by atoms with E-state index >= 15 is 0 Å². The molecule has 0 atom stereocenters. The van der Waals surface area contributed by atoms with Crippen LogP contribution in [-0.4, -0.2) is 27.2 Å². The molecule has 1 aliphatic heterocycles. The average Bonchev–Trinajstić information content (AvgIpc) is 2.14. The largest absolute Gasteiger partial charge is 0.393 e. The minimum Gasteiger partial charge on any atom is -0.393 e. The second kappa shape index (κ2) is 4.82. The van der Waals surface area contributed by atoms with E-state index in [9.17, 15) is 5.11 Å². The Kier molecular flexibility index (Phi) is 3.91. The van der Waals surface area contributed by atoms with Crippen molar-refractivity contribution in [2.45, 2.75) is 94.7 Å². The Morgan fingerprint density at radius 1 is 0.882 bits per heavy atom. The van der Waals surface area contributed by atoms with Crippen molar-refractivity contribution < 1.29 is 5.11 Å². The summed E-state index contributed by atoms with van der Waals surface area (Å²) in [4.78, 5) is 0. The molecule has 0 aromatic carbocycles. The van der Waals surface area contributed by atoms with Crippen LogP contribution in [0.4, 0.5) is 0 Å². The maximum Gasteiger partial charge on any atom is 0.0557 e. The van der Waals surface area contributed by atoms with Crippen LogP contribution in [0.2, 0.25) is 0 Å². The zero-order valence-corrected chi connectivity index (χ0v) is 12.9. The van der Waals surface area contributed by atoms with Gasteiger partial charge in [-0.15, -0.1) is 0 Å². The summed E-state index contributed by atoms with van der Waals surface area (Å²) < 4.78 is 0. The van der Waals surface area contributed by atoms with Crippen molar-refractivity contribution >= 4 is 7.92 Å². The second-order valence-corrected chi connectivity index (χ2v) is 11.2. The van der Waals surface area contributed by atoms with Crippen LogP contribution in [0.15, 0.2) is 0 Å². The lowest BCUT2D eigenvalue weighted by atomic mass is 9.95. The molecule has 2 aliphatic rings. The molecule has 2 heteroatoms. The van der Waals surface area contributed by atoms with Crippen molar-refractivity contribution in [2.24, 2.45) is 0 Å². The Bertz CT molecular complexity index is 248. The van der Waals surface area contributed by atoms with E-state index < -0.39 is 0 Å². The summed E-state index contributed by atoms with van der Waals surface area (Å²) in [6.07, 6.45) is 9.22. The predicted molar refractivity (Wildman–Crippen MR) is 77.2 cm³/mol. The highest BCUT2D eigenvalue weighted by molar-refractivity contribution is 7.61.